The summed E-state index contributed by atoms with van der Waals surface area (Å²) in [7, 11) is 0. The van der Waals surface area contributed by atoms with E-state index in [9.17, 15) is 4.79 Å². The Hall–Kier alpha value is -0.810. The summed E-state index contributed by atoms with van der Waals surface area (Å²) in [4.78, 5) is 12.8. The van der Waals surface area contributed by atoms with Crippen molar-refractivity contribution in [3.63, 3.8) is 0 Å². The Kier molecular flexibility index (Phi) is 2.88. The molecule has 1 amide bonds. The molecule has 0 spiro atoms. The van der Waals surface area contributed by atoms with Gasteiger partial charge in [-0.15, -0.1) is 0 Å². The SMILES string of the molecule is NCC1CN(COCC2CC2)C(=O)O1. The van der Waals surface area contributed by atoms with Crippen molar-refractivity contribution < 1.29 is 14.3 Å². The van der Waals surface area contributed by atoms with Gasteiger partial charge in [0.2, 0.25) is 0 Å². The fourth-order valence-electron chi connectivity index (χ4n) is 1.42. The number of carbonyl (C=O) groups is 1. The molecule has 2 aliphatic rings. The molecule has 1 aliphatic heterocycles. The van der Waals surface area contributed by atoms with E-state index in [1.54, 1.807) is 4.90 Å². The van der Waals surface area contributed by atoms with Gasteiger partial charge in [-0.3, -0.25) is 4.90 Å². The Balaban J connectivity index is 1.66. The van der Waals surface area contributed by atoms with Crippen LogP contribution in [0.2, 0.25) is 0 Å². The second kappa shape index (κ2) is 4.14. The van der Waals surface area contributed by atoms with E-state index in [4.69, 9.17) is 15.2 Å². The first-order valence-electron chi connectivity index (χ1n) is 5.03. The van der Waals surface area contributed by atoms with Crippen LogP contribution >= 0.6 is 0 Å². The zero-order chi connectivity index (χ0) is 9.97. The van der Waals surface area contributed by atoms with Gasteiger partial charge in [0.1, 0.15) is 12.8 Å². The molecule has 1 saturated heterocycles. The molecule has 5 nitrogen and oxygen atoms in total. The molecule has 0 radical (unpaired) electrons. The molecule has 0 aromatic carbocycles. The fourth-order valence-corrected chi connectivity index (χ4v) is 1.42. The lowest BCUT2D eigenvalue weighted by Crippen LogP contribution is -2.30. The predicted octanol–water partition coefficient (Wildman–Crippen LogP) is 0.150. The molecule has 1 saturated carbocycles. The second-order valence-corrected chi connectivity index (χ2v) is 3.91. The van der Waals surface area contributed by atoms with Crippen LogP contribution in [0.4, 0.5) is 4.79 Å². The number of nitrogens with two attached hydrogens (primary N) is 1. The lowest BCUT2D eigenvalue weighted by Gasteiger charge is -2.12. The topological polar surface area (TPSA) is 64.8 Å². The number of cyclic esters (lactones) is 1. The second-order valence-electron chi connectivity index (χ2n) is 3.91. The smallest absolute Gasteiger partial charge is 0.412 e. The number of rotatable bonds is 5. The summed E-state index contributed by atoms with van der Waals surface area (Å²) in [6.45, 7) is 2.04. The van der Waals surface area contributed by atoms with E-state index >= 15 is 0 Å². The molecule has 80 valence electrons. The van der Waals surface area contributed by atoms with Crippen molar-refractivity contribution in [2.45, 2.75) is 18.9 Å². The molecular weight excluding hydrogens is 184 g/mol. The molecule has 0 aromatic heterocycles. The first-order chi connectivity index (χ1) is 6.79. The lowest BCUT2D eigenvalue weighted by atomic mass is 10.4. The predicted molar refractivity (Wildman–Crippen MR) is 49.6 cm³/mol. The van der Waals surface area contributed by atoms with Crippen LogP contribution in [0.5, 0.6) is 0 Å². The van der Waals surface area contributed by atoms with Crippen LogP contribution in [0.15, 0.2) is 0 Å². The minimum absolute atomic E-state index is 0.160. The normalized spacial score (nSPS) is 26.8. The fraction of sp³-hybridized carbons (Fsp3) is 0.889. The van der Waals surface area contributed by atoms with Crippen LogP contribution < -0.4 is 5.73 Å². The Morgan fingerprint density at radius 1 is 1.57 bits per heavy atom. The highest BCUT2D eigenvalue weighted by atomic mass is 16.6. The summed E-state index contributed by atoms with van der Waals surface area (Å²) in [5, 5.41) is 0. The van der Waals surface area contributed by atoms with E-state index in [1.165, 1.54) is 12.8 Å². The average Bonchev–Trinajstić information content (AvgIpc) is 2.92. The van der Waals surface area contributed by atoms with Gasteiger partial charge in [0, 0.05) is 6.54 Å². The minimum atomic E-state index is -0.309. The number of hydrogen-bond donors (Lipinski definition) is 1. The number of ether oxygens (including phenoxy) is 2. The van der Waals surface area contributed by atoms with Gasteiger partial charge in [-0.25, -0.2) is 4.79 Å². The molecule has 2 N–H and O–H groups in total. The van der Waals surface area contributed by atoms with Crippen LogP contribution in [0.1, 0.15) is 12.8 Å². The molecule has 2 rings (SSSR count). The molecule has 1 aliphatic carbocycles. The number of carbonyl (C=O) groups excluding carboxylic acids is 1. The monoisotopic (exact) mass is 200 g/mol. The Labute approximate surface area is 83.1 Å². The Morgan fingerprint density at radius 3 is 2.93 bits per heavy atom. The molecular formula is C9H16N2O3. The van der Waals surface area contributed by atoms with Crippen molar-refractivity contribution in [1.82, 2.24) is 4.90 Å². The molecule has 1 heterocycles. The van der Waals surface area contributed by atoms with Crippen molar-refractivity contribution >= 4 is 6.09 Å². The van der Waals surface area contributed by atoms with Crippen molar-refractivity contribution in [3.05, 3.63) is 0 Å². The van der Waals surface area contributed by atoms with Gasteiger partial charge in [-0.2, -0.15) is 0 Å². The van der Waals surface area contributed by atoms with Gasteiger partial charge in [0.15, 0.2) is 0 Å². The molecule has 5 heteroatoms. The van der Waals surface area contributed by atoms with Crippen LogP contribution in [0.25, 0.3) is 0 Å². The molecule has 14 heavy (non-hydrogen) atoms. The van der Waals surface area contributed by atoms with E-state index in [2.05, 4.69) is 0 Å². The summed E-state index contributed by atoms with van der Waals surface area (Å²) >= 11 is 0. The van der Waals surface area contributed by atoms with Gasteiger partial charge in [0.25, 0.3) is 0 Å². The maximum atomic E-state index is 11.2. The van der Waals surface area contributed by atoms with E-state index in [0.29, 0.717) is 19.8 Å². The van der Waals surface area contributed by atoms with Crippen LogP contribution in [0, 0.1) is 5.92 Å². The summed E-state index contributed by atoms with van der Waals surface area (Å²) in [5.41, 5.74) is 5.40. The molecule has 2 fully saturated rings. The maximum Gasteiger partial charge on any atom is 0.412 e. The van der Waals surface area contributed by atoms with Crippen molar-refractivity contribution in [1.29, 1.82) is 0 Å². The Morgan fingerprint density at radius 2 is 2.36 bits per heavy atom. The highest BCUT2D eigenvalue weighted by molar-refractivity contribution is 5.69. The standard InChI is InChI=1S/C9H16N2O3/c10-3-8-4-11(9(12)14-8)6-13-5-7-1-2-7/h7-8H,1-6,10H2. The summed E-state index contributed by atoms with van der Waals surface area (Å²) in [6.07, 6.45) is 2.05. The quantitative estimate of drug-likeness (QED) is 0.686. The summed E-state index contributed by atoms with van der Waals surface area (Å²) in [5.74, 6) is 0.721. The highest BCUT2D eigenvalue weighted by Gasteiger charge is 2.30. The van der Waals surface area contributed by atoms with E-state index in [-0.39, 0.29) is 12.2 Å². The third-order valence-corrected chi connectivity index (χ3v) is 2.51. The maximum absolute atomic E-state index is 11.2. The zero-order valence-corrected chi connectivity index (χ0v) is 8.15. The van der Waals surface area contributed by atoms with E-state index < -0.39 is 0 Å². The van der Waals surface area contributed by atoms with E-state index in [1.807, 2.05) is 0 Å². The number of amides is 1. The van der Waals surface area contributed by atoms with Gasteiger partial charge in [0.05, 0.1) is 13.2 Å². The largest absolute Gasteiger partial charge is 0.443 e. The van der Waals surface area contributed by atoms with Crippen LogP contribution in [-0.2, 0) is 9.47 Å². The van der Waals surface area contributed by atoms with Crippen molar-refractivity contribution in [2.24, 2.45) is 11.7 Å². The first-order valence-corrected chi connectivity index (χ1v) is 5.03. The van der Waals surface area contributed by atoms with Crippen molar-refractivity contribution in [3.8, 4) is 0 Å². The summed E-state index contributed by atoms with van der Waals surface area (Å²) in [6, 6.07) is 0. The van der Waals surface area contributed by atoms with E-state index in [0.717, 1.165) is 12.5 Å². The summed E-state index contributed by atoms with van der Waals surface area (Å²) < 4.78 is 10.4. The number of nitrogens with zero attached hydrogens (tertiary/aromatic N) is 1. The van der Waals surface area contributed by atoms with Gasteiger partial charge in [-0.1, -0.05) is 0 Å². The third kappa shape index (κ3) is 2.36. The van der Waals surface area contributed by atoms with Crippen molar-refractivity contribution in [2.75, 3.05) is 26.4 Å². The minimum Gasteiger partial charge on any atom is -0.443 e. The zero-order valence-electron chi connectivity index (χ0n) is 8.15. The molecule has 1 atom stereocenters. The van der Waals surface area contributed by atoms with Gasteiger partial charge >= 0.3 is 6.09 Å². The first kappa shape index (κ1) is 9.73. The van der Waals surface area contributed by atoms with Crippen LogP contribution in [0.3, 0.4) is 0 Å². The molecule has 1 unspecified atom stereocenters. The number of hydrogen-bond acceptors (Lipinski definition) is 4. The molecule has 0 bridgehead atoms. The van der Waals surface area contributed by atoms with Crippen LogP contribution in [-0.4, -0.2) is 43.5 Å². The van der Waals surface area contributed by atoms with Gasteiger partial charge in [-0.05, 0) is 18.8 Å². The Bertz CT molecular complexity index is 218. The average molecular weight is 200 g/mol. The lowest BCUT2D eigenvalue weighted by molar-refractivity contribution is 0.0464. The highest BCUT2D eigenvalue weighted by Crippen LogP contribution is 2.28. The molecule has 0 aromatic rings. The van der Waals surface area contributed by atoms with Gasteiger partial charge < -0.3 is 15.2 Å². The third-order valence-electron chi connectivity index (χ3n) is 2.51.